The highest BCUT2D eigenvalue weighted by Gasteiger charge is 2.14. The molecular formula is C17H17N3. The molecule has 1 N–H and O–H groups in total. The summed E-state index contributed by atoms with van der Waals surface area (Å²) in [4.78, 5) is 8.60. The van der Waals surface area contributed by atoms with Crippen LogP contribution in [0.15, 0.2) is 61.1 Å². The van der Waals surface area contributed by atoms with E-state index in [0.29, 0.717) is 0 Å². The maximum Gasteiger partial charge on any atom is 0.0801 e. The molecule has 3 heteroatoms. The van der Waals surface area contributed by atoms with E-state index in [4.69, 9.17) is 0 Å². The van der Waals surface area contributed by atoms with Crippen LogP contribution in [-0.4, -0.2) is 16.5 Å². The number of hydrogen-bond donors (Lipinski definition) is 1. The van der Waals surface area contributed by atoms with Crippen molar-refractivity contribution < 1.29 is 0 Å². The van der Waals surface area contributed by atoms with Gasteiger partial charge in [0.25, 0.3) is 0 Å². The molecule has 0 saturated carbocycles. The van der Waals surface area contributed by atoms with E-state index < -0.39 is 0 Å². The Morgan fingerprint density at radius 3 is 2.65 bits per heavy atom. The lowest BCUT2D eigenvalue weighted by atomic mass is 10.00. The standard InChI is InChI=1S/C17H17N3/c1-2-19-17(16-12-18-9-10-20-16)15-8-7-13-5-3-4-6-14(13)11-15/h3-12,17,19H,2H2,1H3. The van der Waals surface area contributed by atoms with E-state index >= 15 is 0 Å². The van der Waals surface area contributed by atoms with Gasteiger partial charge in [-0.05, 0) is 28.9 Å². The zero-order valence-electron chi connectivity index (χ0n) is 11.5. The summed E-state index contributed by atoms with van der Waals surface area (Å²) in [5, 5.41) is 5.98. The van der Waals surface area contributed by atoms with Crippen LogP contribution in [0.3, 0.4) is 0 Å². The summed E-state index contributed by atoms with van der Waals surface area (Å²) in [5.41, 5.74) is 2.16. The highest BCUT2D eigenvalue weighted by Crippen LogP contribution is 2.24. The molecule has 100 valence electrons. The van der Waals surface area contributed by atoms with Crippen LogP contribution in [0.2, 0.25) is 0 Å². The molecule has 0 aliphatic carbocycles. The summed E-state index contributed by atoms with van der Waals surface area (Å²) < 4.78 is 0. The Bertz CT molecular complexity index is 695. The Balaban J connectivity index is 2.05. The number of aromatic nitrogens is 2. The molecule has 0 radical (unpaired) electrons. The monoisotopic (exact) mass is 263 g/mol. The van der Waals surface area contributed by atoms with Crippen LogP contribution >= 0.6 is 0 Å². The van der Waals surface area contributed by atoms with Gasteiger partial charge in [0.15, 0.2) is 0 Å². The quantitative estimate of drug-likeness (QED) is 0.784. The van der Waals surface area contributed by atoms with Crippen LogP contribution in [0.1, 0.15) is 24.2 Å². The highest BCUT2D eigenvalue weighted by molar-refractivity contribution is 5.83. The van der Waals surface area contributed by atoms with E-state index in [0.717, 1.165) is 12.2 Å². The molecule has 3 rings (SSSR count). The fourth-order valence-corrected chi connectivity index (χ4v) is 2.44. The second-order valence-corrected chi connectivity index (χ2v) is 4.73. The minimum absolute atomic E-state index is 0.0818. The van der Waals surface area contributed by atoms with Gasteiger partial charge in [-0.1, -0.05) is 43.3 Å². The van der Waals surface area contributed by atoms with E-state index in [1.54, 1.807) is 12.4 Å². The Kier molecular flexibility index (Phi) is 3.70. The normalized spacial score (nSPS) is 12.4. The summed E-state index contributed by atoms with van der Waals surface area (Å²) in [6.45, 7) is 2.98. The van der Waals surface area contributed by atoms with Crippen LogP contribution in [-0.2, 0) is 0 Å². The van der Waals surface area contributed by atoms with Crippen LogP contribution in [0.5, 0.6) is 0 Å². The van der Waals surface area contributed by atoms with E-state index in [2.05, 4.69) is 64.7 Å². The van der Waals surface area contributed by atoms with Gasteiger partial charge in [0.05, 0.1) is 17.9 Å². The molecule has 0 aliphatic rings. The molecule has 0 amide bonds. The molecule has 2 aromatic carbocycles. The number of benzene rings is 2. The van der Waals surface area contributed by atoms with Gasteiger partial charge in [-0.2, -0.15) is 0 Å². The van der Waals surface area contributed by atoms with Gasteiger partial charge in [-0.25, -0.2) is 0 Å². The van der Waals surface area contributed by atoms with Crippen LogP contribution < -0.4 is 5.32 Å². The second-order valence-electron chi connectivity index (χ2n) is 4.73. The van der Waals surface area contributed by atoms with Crippen molar-refractivity contribution in [2.75, 3.05) is 6.54 Å². The molecule has 0 aliphatic heterocycles. The molecule has 0 spiro atoms. The van der Waals surface area contributed by atoms with Crippen LogP contribution in [0, 0.1) is 0 Å². The van der Waals surface area contributed by atoms with Gasteiger partial charge in [-0.15, -0.1) is 0 Å². The first kappa shape index (κ1) is 12.8. The minimum atomic E-state index is 0.0818. The highest BCUT2D eigenvalue weighted by atomic mass is 14.9. The average molecular weight is 263 g/mol. The lowest BCUT2D eigenvalue weighted by Gasteiger charge is -2.18. The van der Waals surface area contributed by atoms with Crippen molar-refractivity contribution in [3.05, 3.63) is 72.3 Å². The van der Waals surface area contributed by atoms with Gasteiger partial charge in [0.2, 0.25) is 0 Å². The van der Waals surface area contributed by atoms with Crippen molar-refractivity contribution in [2.45, 2.75) is 13.0 Å². The zero-order chi connectivity index (χ0) is 13.8. The molecule has 3 aromatic rings. The van der Waals surface area contributed by atoms with Gasteiger partial charge in [0, 0.05) is 12.4 Å². The number of fused-ring (bicyclic) bond motifs is 1. The third kappa shape index (κ3) is 2.53. The third-order valence-corrected chi connectivity index (χ3v) is 3.39. The van der Waals surface area contributed by atoms with Crippen LogP contribution in [0.25, 0.3) is 10.8 Å². The van der Waals surface area contributed by atoms with Crippen LogP contribution in [0.4, 0.5) is 0 Å². The molecule has 1 atom stereocenters. The Labute approximate surface area is 118 Å². The van der Waals surface area contributed by atoms with Crippen molar-refractivity contribution in [3.8, 4) is 0 Å². The number of nitrogens with one attached hydrogen (secondary N) is 1. The van der Waals surface area contributed by atoms with Crippen molar-refractivity contribution in [3.63, 3.8) is 0 Å². The third-order valence-electron chi connectivity index (χ3n) is 3.39. The summed E-state index contributed by atoms with van der Waals surface area (Å²) in [7, 11) is 0. The van der Waals surface area contributed by atoms with Crippen molar-refractivity contribution in [2.24, 2.45) is 0 Å². The Morgan fingerprint density at radius 2 is 1.90 bits per heavy atom. The Hall–Kier alpha value is -2.26. The molecule has 20 heavy (non-hydrogen) atoms. The fraction of sp³-hybridized carbons (Fsp3) is 0.176. The summed E-state index contributed by atoms with van der Waals surface area (Å²) in [5.74, 6) is 0. The summed E-state index contributed by atoms with van der Waals surface area (Å²) in [6, 6.07) is 15.0. The van der Waals surface area contributed by atoms with E-state index in [1.165, 1.54) is 16.3 Å². The van der Waals surface area contributed by atoms with Crippen molar-refractivity contribution >= 4 is 10.8 Å². The first-order valence-electron chi connectivity index (χ1n) is 6.86. The number of nitrogens with zero attached hydrogens (tertiary/aromatic N) is 2. The largest absolute Gasteiger partial charge is 0.305 e. The second kappa shape index (κ2) is 5.80. The lowest BCUT2D eigenvalue weighted by molar-refractivity contribution is 0.613. The molecule has 1 heterocycles. The van der Waals surface area contributed by atoms with Crippen molar-refractivity contribution in [1.82, 2.24) is 15.3 Å². The maximum atomic E-state index is 4.43. The molecule has 1 unspecified atom stereocenters. The first-order valence-corrected chi connectivity index (χ1v) is 6.86. The molecular weight excluding hydrogens is 246 g/mol. The zero-order valence-corrected chi connectivity index (χ0v) is 11.5. The van der Waals surface area contributed by atoms with Gasteiger partial charge in [-0.3, -0.25) is 9.97 Å². The topological polar surface area (TPSA) is 37.8 Å². The minimum Gasteiger partial charge on any atom is -0.305 e. The van der Waals surface area contributed by atoms with Gasteiger partial charge < -0.3 is 5.32 Å². The smallest absolute Gasteiger partial charge is 0.0801 e. The van der Waals surface area contributed by atoms with Gasteiger partial charge >= 0.3 is 0 Å². The predicted octanol–water partition coefficient (Wildman–Crippen LogP) is 3.33. The first-order chi connectivity index (χ1) is 9.88. The molecule has 3 nitrogen and oxygen atoms in total. The fourth-order valence-electron chi connectivity index (χ4n) is 2.44. The Morgan fingerprint density at radius 1 is 1.05 bits per heavy atom. The van der Waals surface area contributed by atoms with E-state index in [-0.39, 0.29) is 6.04 Å². The SMILES string of the molecule is CCNC(c1ccc2ccccc2c1)c1cnccn1. The summed E-state index contributed by atoms with van der Waals surface area (Å²) >= 11 is 0. The maximum absolute atomic E-state index is 4.43. The molecule has 0 saturated heterocycles. The van der Waals surface area contributed by atoms with Crippen molar-refractivity contribution in [1.29, 1.82) is 0 Å². The van der Waals surface area contributed by atoms with Gasteiger partial charge in [0.1, 0.15) is 0 Å². The lowest BCUT2D eigenvalue weighted by Crippen LogP contribution is -2.23. The number of hydrogen-bond acceptors (Lipinski definition) is 3. The molecule has 0 bridgehead atoms. The predicted molar refractivity (Wildman–Crippen MR) is 81.5 cm³/mol. The summed E-state index contributed by atoms with van der Waals surface area (Å²) in [6.07, 6.45) is 5.26. The molecule has 0 fully saturated rings. The van der Waals surface area contributed by atoms with E-state index in [9.17, 15) is 0 Å². The average Bonchev–Trinajstić information content (AvgIpc) is 2.53. The number of rotatable bonds is 4. The van der Waals surface area contributed by atoms with E-state index in [1.807, 2.05) is 6.20 Å². The molecule has 1 aromatic heterocycles.